The molecule has 4 heteroatoms. The number of hydrogen-bond acceptors (Lipinski definition) is 3. The highest BCUT2D eigenvalue weighted by molar-refractivity contribution is 5.71. The van der Waals surface area contributed by atoms with Gasteiger partial charge in [0.1, 0.15) is 0 Å². The van der Waals surface area contributed by atoms with Gasteiger partial charge in [0, 0.05) is 13.5 Å². The predicted octanol–water partition coefficient (Wildman–Crippen LogP) is -0.584. The van der Waals surface area contributed by atoms with Gasteiger partial charge in [0.2, 0.25) is 5.91 Å². The van der Waals surface area contributed by atoms with Gasteiger partial charge in [-0.1, -0.05) is 0 Å². The van der Waals surface area contributed by atoms with Crippen LogP contribution in [0, 0.1) is 0 Å². The molecule has 1 aliphatic heterocycles. The minimum absolute atomic E-state index is 0.146. The molecule has 1 heterocycles. The van der Waals surface area contributed by atoms with E-state index >= 15 is 0 Å². The van der Waals surface area contributed by atoms with Gasteiger partial charge < -0.3 is 5.32 Å². The van der Waals surface area contributed by atoms with Gasteiger partial charge in [-0.15, -0.1) is 0 Å². The maximum absolute atomic E-state index is 10.3. The molecule has 0 saturated carbocycles. The van der Waals surface area contributed by atoms with Gasteiger partial charge in [0.25, 0.3) is 0 Å². The second-order valence-corrected chi connectivity index (χ2v) is 2.39. The zero-order chi connectivity index (χ0) is 7.40. The molecule has 58 valence electrons. The third-order valence-electron chi connectivity index (χ3n) is 1.38. The second kappa shape index (κ2) is 3.53. The molecule has 2 N–H and O–H groups in total. The number of rotatable bonds is 2. The van der Waals surface area contributed by atoms with E-state index in [9.17, 15) is 4.79 Å². The lowest BCUT2D eigenvalue weighted by Crippen LogP contribution is -2.28. The molecule has 1 unspecified atom stereocenters. The van der Waals surface area contributed by atoms with Crippen LogP contribution >= 0.6 is 0 Å². The van der Waals surface area contributed by atoms with Crippen molar-refractivity contribution in [3.8, 4) is 0 Å². The number of hydroxylamine groups is 1. The van der Waals surface area contributed by atoms with Crippen LogP contribution in [0.15, 0.2) is 0 Å². The SMILES string of the molecule is CC(=O)NOC1CCNC1. The lowest BCUT2D eigenvalue weighted by molar-refractivity contribution is -0.135. The van der Waals surface area contributed by atoms with Crippen LogP contribution in [0.1, 0.15) is 13.3 Å². The quantitative estimate of drug-likeness (QED) is 0.510. The van der Waals surface area contributed by atoms with Gasteiger partial charge >= 0.3 is 0 Å². The van der Waals surface area contributed by atoms with Gasteiger partial charge in [0.15, 0.2) is 0 Å². The van der Waals surface area contributed by atoms with Crippen molar-refractivity contribution in [1.29, 1.82) is 0 Å². The molecule has 0 aliphatic carbocycles. The van der Waals surface area contributed by atoms with Crippen LogP contribution in [0.4, 0.5) is 0 Å². The Bertz CT molecular complexity index is 121. The summed E-state index contributed by atoms with van der Waals surface area (Å²) >= 11 is 0. The Labute approximate surface area is 59.9 Å². The minimum atomic E-state index is -0.146. The van der Waals surface area contributed by atoms with Crippen LogP contribution in [0.3, 0.4) is 0 Å². The molecule has 1 saturated heterocycles. The van der Waals surface area contributed by atoms with Crippen LogP contribution in [0.5, 0.6) is 0 Å². The Kier molecular flexibility index (Phi) is 2.65. The van der Waals surface area contributed by atoms with Crippen molar-refractivity contribution >= 4 is 5.91 Å². The first-order valence-electron chi connectivity index (χ1n) is 3.42. The summed E-state index contributed by atoms with van der Waals surface area (Å²) in [5, 5.41) is 3.12. The molecule has 0 spiro atoms. The molecule has 0 radical (unpaired) electrons. The van der Waals surface area contributed by atoms with E-state index in [1.165, 1.54) is 6.92 Å². The Morgan fingerprint density at radius 1 is 1.80 bits per heavy atom. The Balaban J connectivity index is 2.07. The van der Waals surface area contributed by atoms with Crippen molar-refractivity contribution in [2.24, 2.45) is 0 Å². The summed E-state index contributed by atoms with van der Waals surface area (Å²) in [7, 11) is 0. The Hall–Kier alpha value is -0.610. The Morgan fingerprint density at radius 2 is 2.60 bits per heavy atom. The van der Waals surface area contributed by atoms with E-state index in [-0.39, 0.29) is 12.0 Å². The summed E-state index contributed by atoms with van der Waals surface area (Å²) in [6, 6.07) is 0. The predicted molar refractivity (Wildman–Crippen MR) is 36.2 cm³/mol. The fourth-order valence-corrected chi connectivity index (χ4v) is 0.895. The van der Waals surface area contributed by atoms with E-state index < -0.39 is 0 Å². The molecule has 0 aromatic rings. The number of hydrogen-bond donors (Lipinski definition) is 2. The first kappa shape index (κ1) is 7.50. The average Bonchev–Trinajstić information content (AvgIpc) is 2.34. The summed E-state index contributed by atoms with van der Waals surface area (Å²) in [5.41, 5.74) is 2.31. The second-order valence-electron chi connectivity index (χ2n) is 2.39. The highest BCUT2D eigenvalue weighted by Crippen LogP contribution is 1.99. The van der Waals surface area contributed by atoms with Crippen molar-refractivity contribution in [2.75, 3.05) is 13.1 Å². The lowest BCUT2D eigenvalue weighted by atomic mass is 10.3. The van der Waals surface area contributed by atoms with Crippen LogP contribution in [0.25, 0.3) is 0 Å². The molecule has 1 atom stereocenters. The van der Waals surface area contributed by atoms with Crippen LogP contribution in [-0.2, 0) is 9.63 Å². The van der Waals surface area contributed by atoms with Gasteiger partial charge in [0.05, 0.1) is 6.10 Å². The van der Waals surface area contributed by atoms with Gasteiger partial charge in [-0.05, 0) is 13.0 Å². The monoisotopic (exact) mass is 144 g/mol. The molecule has 10 heavy (non-hydrogen) atoms. The standard InChI is InChI=1S/C6H12N2O2/c1-5(9)8-10-6-2-3-7-4-6/h6-7H,2-4H2,1H3,(H,8,9). The molecule has 1 aliphatic rings. The fraction of sp³-hybridized carbons (Fsp3) is 0.833. The van der Waals surface area contributed by atoms with Gasteiger partial charge in [-0.2, -0.15) is 0 Å². The van der Waals surface area contributed by atoms with Crippen LogP contribution in [0.2, 0.25) is 0 Å². The van der Waals surface area contributed by atoms with E-state index in [0.29, 0.717) is 0 Å². The van der Waals surface area contributed by atoms with Gasteiger partial charge in [-0.25, -0.2) is 5.48 Å². The zero-order valence-corrected chi connectivity index (χ0v) is 6.02. The van der Waals surface area contributed by atoms with E-state index in [4.69, 9.17) is 4.84 Å². The summed E-state index contributed by atoms with van der Waals surface area (Å²) in [4.78, 5) is 15.3. The van der Waals surface area contributed by atoms with Crippen LogP contribution in [-0.4, -0.2) is 25.1 Å². The van der Waals surface area contributed by atoms with E-state index in [0.717, 1.165) is 19.5 Å². The van der Waals surface area contributed by atoms with Crippen molar-refractivity contribution in [1.82, 2.24) is 10.8 Å². The molecular formula is C6H12N2O2. The molecule has 1 amide bonds. The van der Waals surface area contributed by atoms with Crippen molar-refractivity contribution < 1.29 is 9.63 Å². The van der Waals surface area contributed by atoms with Crippen molar-refractivity contribution in [3.63, 3.8) is 0 Å². The first-order chi connectivity index (χ1) is 4.79. The molecule has 0 aromatic carbocycles. The highest BCUT2D eigenvalue weighted by atomic mass is 16.7. The largest absolute Gasteiger partial charge is 0.314 e. The normalized spacial score (nSPS) is 24.7. The van der Waals surface area contributed by atoms with Gasteiger partial charge in [-0.3, -0.25) is 9.63 Å². The molecule has 4 nitrogen and oxygen atoms in total. The number of nitrogens with one attached hydrogen (secondary N) is 2. The van der Waals surface area contributed by atoms with Crippen molar-refractivity contribution in [3.05, 3.63) is 0 Å². The first-order valence-corrected chi connectivity index (χ1v) is 3.42. The summed E-state index contributed by atoms with van der Waals surface area (Å²) in [6.45, 7) is 3.24. The Morgan fingerprint density at radius 3 is 3.10 bits per heavy atom. The van der Waals surface area contributed by atoms with Crippen molar-refractivity contribution in [2.45, 2.75) is 19.4 Å². The molecule has 1 rings (SSSR count). The third-order valence-corrected chi connectivity index (χ3v) is 1.38. The molecular weight excluding hydrogens is 132 g/mol. The van der Waals surface area contributed by atoms with E-state index in [1.807, 2.05) is 0 Å². The minimum Gasteiger partial charge on any atom is -0.314 e. The fourth-order valence-electron chi connectivity index (χ4n) is 0.895. The third kappa shape index (κ3) is 2.33. The van der Waals surface area contributed by atoms with Crippen LogP contribution < -0.4 is 10.8 Å². The number of carbonyl (C=O) groups is 1. The number of amides is 1. The highest BCUT2D eigenvalue weighted by Gasteiger charge is 2.14. The topological polar surface area (TPSA) is 50.4 Å². The van der Waals surface area contributed by atoms with E-state index in [1.54, 1.807) is 0 Å². The summed E-state index contributed by atoms with van der Waals surface area (Å²) in [6.07, 6.45) is 1.13. The number of carbonyl (C=O) groups excluding carboxylic acids is 1. The maximum atomic E-state index is 10.3. The summed E-state index contributed by atoms with van der Waals surface area (Å²) in [5.74, 6) is -0.146. The smallest absolute Gasteiger partial charge is 0.240 e. The molecule has 1 fully saturated rings. The van der Waals surface area contributed by atoms with E-state index in [2.05, 4.69) is 10.8 Å². The lowest BCUT2D eigenvalue weighted by Gasteiger charge is -2.08. The summed E-state index contributed by atoms with van der Waals surface area (Å²) < 4.78 is 0. The molecule has 0 aromatic heterocycles. The maximum Gasteiger partial charge on any atom is 0.240 e. The average molecular weight is 144 g/mol. The molecule has 0 bridgehead atoms. The zero-order valence-electron chi connectivity index (χ0n) is 6.02.